The summed E-state index contributed by atoms with van der Waals surface area (Å²) in [6.45, 7) is 1.32. The first-order chi connectivity index (χ1) is 10.5. The molecule has 0 radical (unpaired) electrons. The van der Waals surface area contributed by atoms with Gasteiger partial charge in [0, 0.05) is 12.1 Å². The summed E-state index contributed by atoms with van der Waals surface area (Å²) in [6, 6.07) is 4.74. The molecule has 0 saturated heterocycles. The number of H-pyrrole nitrogens is 1. The van der Waals surface area contributed by atoms with Crippen LogP contribution in [0.4, 0.5) is 0 Å². The van der Waals surface area contributed by atoms with E-state index >= 15 is 0 Å². The van der Waals surface area contributed by atoms with Crippen LogP contribution in [0.2, 0.25) is 0 Å². The van der Waals surface area contributed by atoms with Gasteiger partial charge in [0.2, 0.25) is 0 Å². The zero-order valence-electron chi connectivity index (χ0n) is 12.7. The smallest absolute Gasteiger partial charge is 0.275 e. The minimum Gasteiger partial charge on any atom is -0.496 e. The lowest BCUT2D eigenvalue weighted by molar-refractivity contribution is 0.101. The molecule has 7 nitrogen and oxygen atoms in total. The standard InChI is InChI=1S/C15H16N2O5/c1-8(18)10-7-11(16-17-15(10)19)14-12(21-3)5-9(20-2)6-13(14)22-4/h5-7H,1-4H3,(H,17,19). The molecule has 1 aromatic carbocycles. The molecule has 0 aliphatic heterocycles. The van der Waals surface area contributed by atoms with Gasteiger partial charge in [-0.1, -0.05) is 0 Å². The van der Waals surface area contributed by atoms with Gasteiger partial charge in [0.1, 0.15) is 17.2 Å². The molecule has 2 rings (SSSR count). The summed E-state index contributed by atoms with van der Waals surface area (Å²) >= 11 is 0. The van der Waals surface area contributed by atoms with E-state index < -0.39 is 5.56 Å². The topological polar surface area (TPSA) is 90.5 Å². The summed E-state index contributed by atoms with van der Waals surface area (Å²) in [5.74, 6) is 1.10. The lowest BCUT2D eigenvalue weighted by atomic mass is 10.1. The number of nitrogens with one attached hydrogen (secondary N) is 1. The van der Waals surface area contributed by atoms with Gasteiger partial charge in [-0.2, -0.15) is 5.10 Å². The maximum Gasteiger partial charge on any atom is 0.275 e. The van der Waals surface area contributed by atoms with Crippen LogP contribution in [0.15, 0.2) is 23.0 Å². The van der Waals surface area contributed by atoms with Crippen LogP contribution in [0.1, 0.15) is 17.3 Å². The zero-order valence-corrected chi connectivity index (χ0v) is 12.7. The average molecular weight is 304 g/mol. The number of hydrogen-bond acceptors (Lipinski definition) is 6. The molecule has 0 saturated carbocycles. The molecule has 116 valence electrons. The summed E-state index contributed by atoms with van der Waals surface area (Å²) in [5.41, 5.74) is 0.360. The van der Waals surface area contributed by atoms with E-state index in [1.807, 2.05) is 0 Å². The SMILES string of the molecule is COc1cc(OC)c(-c2cc(C(C)=O)c(=O)[nH]n2)c(OC)c1. The Bertz CT molecular complexity index is 742. The van der Waals surface area contributed by atoms with Gasteiger partial charge in [-0.05, 0) is 13.0 Å². The van der Waals surface area contributed by atoms with Crippen LogP contribution in [0.25, 0.3) is 11.3 Å². The molecule has 1 heterocycles. The second-order valence-corrected chi connectivity index (χ2v) is 4.46. The summed E-state index contributed by atoms with van der Waals surface area (Å²) in [6.07, 6.45) is 0. The summed E-state index contributed by atoms with van der Waals surface area (Å²) in [4.78, 5) is 23.2. The quantitative estimate of drug-likeness (QED) is 0.845. The van der Waals surface area contributed by atoms with Crippen LogP contribution in [0.3, 0.4) is 0 Å². The monoisotopic (exact) mass is 304 g/mol. The van der Waals surface area contributed by atoms with Crippen LogP contribution in [-0.4, -0.2) is 37.3 Å². The first-order valence-electron chi connectivity index (χ1n) is 6.42. The number of methoxy groups -OCH3 is 3. The highest BCUT2D eigenvalue weighted by atomic mass is 16.5. The molecule has 22 heavy (non-hydrogen) atoms. The van der Waals surface area contributed by atoms with Crippen LogP contribution in [0.5, 0.6) is 17.2 Å². The highest BCUT2D eigenvalue weighted by molar-refractivity contribution is 5.95. The Morgan fingerprint density at radius 2 is 1.64 bits per heavy atom. The Morgan fingerprint density at radius 1 is 1.05 bits per heavy atom. The number of hydrogen-bond donors (Lipinski definition) is 1. The van der Waals surface area contributed by atoms with E-state index in [4.69, 9.17) is 14.2 Å². The number of ketones is 1. The van der Waals surface area contributed by atoms with Crippen molar-refractivity contribution in [2.24, 2.45) is 0 Å². The molecule has 0 spiro atoms. The van der Waals surface area contributed by atoms with Crippen LogP contribution in [0, 0.1) is 0 Å². The van der Waals surface area contributed by atoms with Gasteiger partial charge in [0.05, 0.1) is 38.2 Å². The van der Waals surface area contributed by atoms with Gasteiger partial charge in [0.25, 0.3) is 5.56 Å². The fourth-order valence-corrected chi connectivity index (χ4v) is 2.05. The maximum atomic E-state index is 11.6. The second-order valence-electron chi connectivity index (χ2n) is 4.46. The van der Waals surface area contributed by atoms with Gasteiger partial charge in [0.15, 0.2) is 5.78 Å². The summed E-state index contributed by atoms with van der Waals surface area (Å²) < 4.78 is 15.9. The van der Waals surface area contributed by atoms with Gasteiger partial charge < -0.3 is 14.2 Å². The lowest BCUT2D eigenvalue weighted by Crippen LogP contribution is -2.17. The zero-order chi connectivity index (χ0) is 16.3. The number of ether oxygens (including phenoxy) is 3. The highest BCUT2D eigenvalue weighted by Crippen LogP contribution is 2.40. The molecule has 0 unspecified atom stereocenters. The van der Waals surface area contributed by atoms with Crippen molar-refractivity contribution in [3.05, 3.63) is 34.1 Å². The second kappa shape index (κ2) is 6.30. The Balaban J connectivity index is 2.73. The third-order valence-electron chi connectivity index (χ3n) is 3.15. The Labute approximate surface area is 126 Å². The number of carbonyl (C=O) groups excluding carboxylic acids is 1. The summed E-state index contributed by atoms with van der Waals surface area (Å²) in [5, 5.41) is 6.28. The largest absolute Gasteiger partial charge is 0.496 e. The average Bonchev–Trinajstić information content (AvgIpc) is 2.53. The van der Waals surface area contributed by atoms with E-state index in [1.165, 1.54) is 34.3 Å². The molecule has 0 bridgehead atoms. The highest BCUT2D eigenvalue weighted by Gasteiger charge is 2.18. The molecule has 2 aromatic rings. The lowest BCUT2D eigenvalue weighted by Gasteiger charge is -2.14. The Hall–Kier alpha value is -2.83. The van der Waals surface area contributed by atoms with E-state index in [2.05, 4.69) is 10.2 Å². The van der Waals surface area contributed by atoms with E-state index in [9.17, 15) is 9.59 Å². The first-order valence-corrected chi connectivity index (χ1v) is 6.42. The molecule has 0 aliphatic carbocycles. The van der Waals surface area contributed by atoms with Crippen molar-refractivity contribution >= 4 is 5.78 Å². The minimum absolute atomic E-state index is 0.0184. The number of aromatic amines is 1. The number of rotatable bonds is 5. The van der Waals surface area contributed by atoms with Crippen molar-refractivity contribution in [1.29, 1.82) is 0 Å². The molecule has 7 heteroatoms. The van der Waals surface area contributed by atoms with Gasteiger partial charge in [-0.15, -0.1) is 0 Å². The van der Waals surface area contributed by atoms with Gasteiger partial charge in [-0.25, -0.2) is 5.10 Å². The molecule has 0 atom stereocenters. The molecule has 1 N–H and O–H groups in total. The van der Waals surface area contributed by atoms with Crippen molar-refractivity contribution in [2.45, 2.75) is 6.92 Å². The van der Waals surface area contributed by atoms with Crippen molar-refractivity contribution < 1.29 is 19.0 Å². The first kappa shape index (κ1) is 15.6. The van der Waals surface area contributed by atoms with Crippen LogP contribution in [-0.2, 0) is 0 Å². The van der Waals surface area contributed by atoms with E-state index in [-0.39, 0.29) is 11.3 Å². The molecular formula is C15H16N2O5. The molecule has 0 fully saturated rings. The fraction of sp³-hybridized carbons (Fsp3) is 0.267. The van der Waals surface area contributed by atoms with Crippen molar-refractivity contribution in [1.82, 2.24) is 10.2 Å². The third-order valence-corrected chi connectivity index (χ3v) is 3.15. The van der Waals surface area contributed by atoms with E-state index in [0.717, 1.165) is 0 Å². The Morgan fingerprint density at radius 3 is 2.09 bits per heavy atom. The number of Topliss-reactive ketones (excluding diaryl/α,β-unsaturated/α-hetero) is 1. The van der Waals surface area contributed by atoms with E-state index in [1.54, 1.807) is 12.1 Å². The number of aromatic nitrogens is 2. The predicted molar refractivity (Wildman–Crippen MR) is 80.0 cm³/mol. The maximum absolute atomic E-state index is 11.6. The number of benzene rings is 1. The van der Waals surface area contributed by atoms with Gasteiger partial charge >= 0.3 is 0 Å². The molecule has 0 aliphatic rings. The molecule has 1 aromatic heterocycles. The normalized spacial score (nSPS) is 10.2. The fourth-order valence-electron chi connectivity index (χ4n) is 2.05. The van der Waals surface area contributed by atoms with Crippen molar-refractivity contribution in [2.75, 3.05) is 21.3 Å². The predicted octanol–water partition coefficient (Wildman–Crippen LogP) is 1.67. The third kappa shape index (κ3) is 2.78. The van der Waals surface area contributed by atoms with Crippen molar-refractivity contribution in [3.8, 4) is 28.5 Å². The molecule has 0 amide bonds. The summed E-state index contributed by atoms with van der Waals surface area (Å²) in [7, 11) is 4.52. The van der Waals surface area contributed by atoms with Crippen LogP contribution < -0.4 is 19.8 Å². The van der Waals surface area contributed by atoms with Crippen molar-refractivity contribution in [3.63, 3.8) is 0 Å². The Kier molecular flexibility index (Phi) is 4.45. The molecular weight excluding hydrogens is 288 g/mol. The van der Waals surface area contributed by atoms with Gasteiger partial charge in [-0.3, -0.25) is 9.59 Å². The number of carbonyl (C=O) groups is 1. The van der Waals surface area contributed by atoms with Crippen LogP contribution >= 0.6 is 0 Å². The van der Waals surface area contributed by atoms with E-state index in [0.29, 0.717) is 28.5 Å². The number of nitrogens with zero attached hydrogens (tertiary/aromatic N) is 1. The minimum atomic E-state index is -0.539.